The van der Waals surface area contributed by atoms with Gasteiger partial charge in [0.15, 0.2) is 5.05 Å². The van der Waals surface area contributed by atoms with Crippen LogP contribution in [0.1, 0.15) is 0 Å². The monoisotopic (exact) mass is 344 g/mol. The molecule has 0 bridgehead atoms. The van der Waals surface area contributed by atoms with E-state index in [0.717, 1.165) is 0 Å². The highest BCUT2D eigenvalue weighted by atomic mass is 32.2. The van der Waals surface area contributed by atoms with Crippen molar-refractivity contribution in [3.8, 4) is 0 Å². The lowest BCUT2D eigenvalue weighted by Crippen LogP contribution is -2.42. The van der Waals surface area contributed by atoms with Gasteiger partial charge in [-0.1, -0.05) is 0 Å². The van der Waals surface area contributed by atoms with Gasteiger partial charge in [0, 0.05) is 0 Å². The molecule has 0 unspecified atom stereocenters. The minimum Gasteiger partial charge on any atom is -0.395 e. The summed E-state index contributed by atoms with van der Waals surface area (Å²) in [6, 6.07) is 0. The van der Waals surface area contributed by atoms with E-state index in [4.69, 9.17) is 40.0 Å². The van der Waals surface area contributed by atoms with Crippen LogP contribution < -0.4 is 0 Å². The fraction of sp³-hybridized carbons (Fsp3) is 0.800. The third-order valence-electron chi connectivity index (χ3n) is 1.67. The first-order valence-corrected chi connectivity index (χ1v) is 7.59. The molecule has 14 heteroatoms. The van der Waals surface area contributed by atoms with Crippen LogP contribution in [0.15, 0.2) is 0 Å². The zero-order valence-electron chi connectivity index (χ0n) is 9.23. The Labute approximate surface area is 111 Å². The van der Waals surface area contributed by atoms with Gasteiger partial charge in [-0.3, -0.25) is 0 Å². The van der Waals surface area contributed by atoms with Crippen LogP contribution in [0.4, 0.5) is 0 Å². The maximum atomic E-state index is 10.2. The summed E-state index contributed by atoms with van der Waals surface area (Å²) >= 11 is 0. The van der Waals surface area contributed by atoms with E-state index in [0.29, 0.717) is 0 Å². The third kappa shape index (κ3) is 8.87. The van der Waals surface area contributed by atoms with E-state index in [1.165, 1.54) is 0 Å². The summed E-state index contributed by atoms with van der Waals surface area (Å²) in [6.45, 7) is -2.54. The molecular weight excluding hydrogens is 330 g/mol. The first-order chi connectivity index (χ1) is 8.66. The molecule has 8 N–H and O–H groups in total. The van der Waals surface area contributed by atoms with Crippen molar-refractivity contribution in [3.63, 3.8) is 0 Å². The number of hydrogen-bond donors (Lipinski definition) is 8. The smallest absolute Gasteiger partial charge is 0.334 e. The molecule has 0 saturated heterocycles. The van der Waals surface area contributed by atoms with Gasteiger partial charge < -0.3 is 40.0 Å². The van der Waals surface area contributed by atoms with Crippen LogP contribution in [0.3, 0.4) is 0 Å². The average molecular weight is 344 g/mol. The van der Waals surface area contributed by atoms with Gasteiger partial charge in [0.05, 0.1) is 19.8 Å². The number of hydrogen-bond acceptors (Lipinski definition) is 10. The summed E-state index contributed by atoms with van der Waals surface area (Å²) in [5, 5.41) is 33.6. The summed E-state index contributed by atoms with van der Waals surface area (Å²) in [5.41, 5.74) is -1.87. The predicted octanol–water partition coefficient (Wildman–Crippen LogP) is -3.06. The standard InChI is InChI=1S/C5H10O6S.H4O5P2/c6-1-5(2-7,3-8)4(9)12(10)11;1-6(2)5-7(3)4/h6-9H,1-3H2;1-4H. The van der Waals surface area contributed by atoms with Crippen LogP contribution in [0.2, 0.25) is 0 Å². The van der Waals surface area contributed by atoms with Gasteiger partial charge in [0.2, 0.25) is 10.3 Å². The van der Waals surface area contributed by atoms with Crippen LogP contribution >= 0.6 is 17.2 Å². The van der Waals surface area contributed by atoms with Gasteiger partial charge in [-0.15, -0.1) is 0 Å². The maximum Gasteiger partial charge on any atom is 0.334 e. The molecule has 0 heterocycles. The summed E-state index contributed by atoms with van der Waals surface area (Å²) in [5.74, 6) is 0. The predicted molar refractivity (Wildman–Crippen MR) is 64.0 cm³/mol. The quantitative estimate of drug-likeness (QED) is 0.179. The third-order valence-corrected chi connectivity index (χ3v) is 3.58. The van der Waals surface area contributed by atoms with Crippen molar-refractivity contribution in [1.82, 2.24) is 0 Å². The molecule has 0 aliphatic rings. The Kier molecular flexibility index (Phi) is 12.3. The number of rotatable bonds is 6. The lowest BCUT2D eigenvalue weighted by molar-refractivity contribution is 0.0468. The molecule has 0 aliphatic carbocycles. The van der Waals surface area contributed by atoms with Crippen LogP contribution in [-0.2, 0) is 14.6 Å². The lowest BCUT2D eigenvalue weighted by atomic mass is 9.93. The van der Waals surface area contributed by atoms with Crippen molar-refractivity contribution in [1.29, 1.82) is 0 Å². The van der Waals surface area contributed by atoms with Gasteiger partial charge in [-0.05, 0) is 0 Å². The fourth-order valence-electron chi connectivity index (χ4n) is 0.595. The zero-order valence-corrected chi connectivity index (χ0v) is 11.8. The molecule has 0 atom stereocenters. The minimum atomic E-state index is -2.94. The van der Waals surface area contributed by atoms with Crippen molar-refractivity contribution >= 4 is 32.5 Å². The van der Waals surface area contributed by atoms with E-state index < -0.39 is 57.8 Å². The normalized spacial score (nSPS) is 11.3. The van der Waals surface area contributed by atoms with E-state index in [1.807, 2.05) is 0 Å². The molecule has 0 radical (unpaired) electrons. The second-order valence-corrected chi connectivity index (χ2v) is 5.40. The Morgan fingerprint density at radius 3 is 1.32 bits per heavy atom. The molecule has 0 aliphatic heterocycles. The Balaban J connectivity index is 0. The molecule has 0 rings (SSSR count). The second kappa shape index (κ2) is 10.9. The van der Waals surface area contributed by atoms with E-state index in [1.54, 1.807) is 0 Å². The molecule has 116 valence electrons. The van der Waals surface area contributed by atoms with Gasteiger partial charge in [-0.2, -0.15) is 8.42 Å². The Morgan fingerprint density at radius 2 is 1.26 bits per heavy atom. The van der Waals surface area contributed by atoms with E-state index >= 15 is 0 Å². The fourth-order valence-corrected chi connectivity index (χ4v) is 1.66. The number of aliphatic hydroxyl groups excluding tert-OH is 4. The van der Waals surface area contributed by atoms with Crippen LogP contribution in [-0.4, -0.2) is 73.3 Å². The first kappa shape index (κ1) is 21.5. The summed E-state index contributed by atoms with van der Waals surface area (Å²) in [7, 11) is -8.16. The van der Waals surface area contributed by atoms with Crippen LogP contribution in [0, 0.1) is 5.41 Å². The molecule has 0 fully saturated rings. The van der Waals surface area contributed by atoms with Crippen molar-refractivity contribution in [2.75, 3.05) is 19.8 Å². The minimum absolute atomic E-state index is 0.847. The number of aliphatic hydroxyl groups is 4. The van der Waals surface area contributed by atoms with Crippen LogP contribution in [0.25, 0.3) is 0 Å². The van der Waals surface area contributed by atoms with Crippen molar-refractivity contribution in [3.05, 3.63) is 0 Å². The summed E-state index contributed by atoms with van der Waals surface area (Å²) < 4.78 is 24.0. The molecule has 0 aromatic carbocycles. The molecule has 0 spiro atoms. The topological polar surface area (TPSA) is 205 Å². The second-order valence-electron chi connectivity index (χ2n) is 2.88. The van der Waals surface area contributed by atoms with Gasteiger partial charge in [-0.25, -0.2) is 4.31 Å². The largest absolute Gasteiger partial charge is 0.395 e. The zero-order chi connectivity index (χ0) is 15.6. The average Bonchev–Trinajstić information content (AvgIpc) is 2.30. The van der Waals surface area contributed by atoms with Crippen LogP contribution in [0.5, 0.6) is 0 Å². The van der Waals surface area contributed by atoms with Crippen molar-refractivity contribution in [2.45, 2.75) is 0 Å². The SMILES string of the molecule is O=S(=O)=C(O)C(CO)(CO)CO.OP(O)OP(O)O. The molecule has 0 aromatic rings. The molecule has 0 amide bonds. The Bertz CT molecular complexity index is 339. The highest BCUT2D eigenvalue weighted by Gasteiger charge is 2.34. The van der Waals surface area contributed by atoms with E-state index in [2.05, 4.69) is 4.31 Å². The molecule has 11 nitrogen and oxygen atoms in total. The van der Waals surface area contributed by atoms with Gasteiger partial charge in [0.25, 0.3) is 0 Å². The van der Waals surface area contributed by atoms with E-state index in [9.17, 15) is 8.42 Å². The first-order valence-electron chi connectivity index (χ1n) is 4.19. The highest BCUT2D eigenvalue weighted by Crippen LogP contribution is 2.41. The van der Waals surface area contributed by atoms with E-state index in [-0.39, 0.29) is 0 Å². The summed E-state index contributed by atoms with van der Waals surface area (Å²) in [6.07, 6.45) is 0. The molecular formula is C5H14O11P2S. The summed E-state index contributed by atoms with van der Waals surface area (Å²) in [4.78, 5) is 31.3. The Morgan fingerprint density at radius 1 is 0.947 bits per heavy atom. The van der Waals surface area contributed by atoms with Gasteiger partial charge >= 0.3 is 17.2 Å². The lowest BCUT2D eigenvalue weighted by Gasteiger charge is -2.23. The van der Waals surface area contributed by atoms with Crippen molar-refractivity contribution in [2.24, 2.45) is 5.41 Å². The molecule has 0 aromatic heterocycles. The highest BCUT2D eigenvalue weighted by molar-refractivity contribution is 7.72. The molecule has 19 heavy (non-hydrogen) atoms. The molecule has 0 saturated carbocycles. The van der Waals surface area contributed by atoms with Gasteiger partial charge in [0.1, 0.15) is 5.41 Å². The van der Waals surface area contributed by atoms with Crippen molar-refractivity contribution < 1.29 is 52.7 Å². The Hall–Kier alpha value is 0.190. The maximum absolute atomic E-state index is 10.2.